The van der Waals surface area contributed by atoms with Gasteiger partial charge in [0.15, 0.2) is 0 Å². The SMILES string of the molecule is CC(=O)OC[C@H](Cc1ccccc1)N1C(=O)CCC12CCC(=O)CC2. The number of carbonyl (C=O) groups excluding carboxylic acids is 3. The van der Waals surface area contributed by atoms with E-state index in [1.165, 1.54) is 6.92 Å². The molecule has 25 heavy (non-hydrogen) atoms. The van der Waals surface area contributed by atoms with Crippen molar-refractivity contribution in [2.75, 3.05) is 6.61 Å². The van der Waals surface area contributed by atoms with Crippen LogP contribution in [-0.2, 0) is 25.5 Å². The molecule has 1 heterocycles. The van der Waals surface area contributed by atoms with E-state index in [0.29, 0.717) is 25.7 Å². The monoisotopic (exact) mass is 343 g/mol. The summed E-state index contributed by atoms with van der Waals surface area (Å²) in [5.74, 6) is 0.0598. The van der Waals surface area contributed by atoms with Gasteiger partial charge in [-0.15, -0.1) is 0 Å². The normalized spacial score (nSPS) is 20.8. The molecule has 0 aromatic heterocycles. The van der Waals surface area contributed by atoms with E-state index in [-0.39, 0.29) is 35.8 Å². The highest BCUT2D eigenvalue weighted by molar-refractivity contribution is 5.83. The third kappa shape index (κ3) is 3.91. The number of nitrogens with zero attached hydrogens (tertiary/aromatic N) is 1. The average molecular weight is 343 g/mol. The van der Waals surface area contributed by atoms with Crippen LogP contribution in [0.25, 0.3) is 0 Å². The smallest absolute Gasteiger partial charge is 0.302 e. The summed E-state index contributed by atoms with van der Waals surface area (Å²) in [7, 11) is 0. The van der Waals surface area contributed by atoms with Crippen molar-refractivity contribution in [3.05, 3.63) is 35.9 Å². The fourth-order valence-electron chi connectivity index (χ4n) is 4.25. The largest absolute Gasteiger partial charge is 0.464 e. The number of Topliss-reactive ketones (excluding diaryl/α,β-unsaturated/α-hetero) is 1. The van der Waals surface area contributed by atoms with Gasteiger partial charge in [-0.3, -0.25) is 14.4 Å². The lowest BCUT2D eigenvalue weighted by molar-refractivity contribution is -0.148. The minimum absolute atomic E-state index is 0.113. The predicted molar refractivity (Wildman–Crippen MR) is 92.9 cm³/mol. The van der Waals surface area contributed by atoms with Crippen LogP contribution in [0.2, 0.25) is 0 Å². The maximum Gasteiger partial charge on any atom is 0.302 e. The van der Waals surface area contributed by atoms with Gasteiger partial charge >= 0.3 is 5.97 Å². The van der Waals surface area contributed by atoms with E-state index in [2.05, 4.69) is 0 Å². The van der Waals surface area contributed by atoms with Gasteiger partial charge < -0.3 is 9.64 Å². The van der Waals surface area contributed by atoms with E-state index in [1.807, 2.05) is 35.2 Å². The summed E-state index contributed by atoms with van der Waals surface area (Å²) in [5, 5.41) is 0. The molecular formula is C20H25NO4. The van der Waals surface area contributed by atoms with Crippen molar-refractivity contribution in [1.29, 1.82) is 0 Å². The lowest BCUT2D eigenvalue weighted by atomic mass is 9.78. The van der Waals surface area contributed by atoms with Crippen LogP contribution in [0.3, 0.4) is 0 Å². The van der Waals surface area contributed by atoms with Crippen molar-refractivity contribution < 1.29 is 19.1 Å². The first-order valence-corrected chi connectivity index (χ1v) is 9.01. The molecule has 134 valence electrons. The van der Waals surface area contributed by atoms with E-state index in [4.69, 9.17) is 4.74 Å². The molecule has 1 spiro atoms. The second-order valence-electron chi connectivity index (χ2n) is 7.17. The molecule has 2 aliphatic rings. The Labute approximate surface area is 148 Å². The number of carbonyl (C=O) groups is 3. The molecule has 1 aliphatic heterocycles. The Balaban J connectivity index is 1.85. The summed E-state index contributed by atoms with van der Waals surface area (Å²) >= 11 is 0. The Kier molecular flexibility index (Phi) is 5.21. The molecule has 1 amide bonds. The van der Waals surface area contributed by atoms with Crippen LogP contribution >= 0.6 is 0 Å². The van der Waals surface area contributed by atoms with Gasteiger partial charge in [-0.25, -0.2) is 0 Å². The number of likely N-dealkylation sites (tertiary alicyclic amines) is 1. The number of rotatable bonds is 5. The van der Waals surface area contributed by atoms with Gasteiger partial charge in [0.2, 0.25) is 5.91 Å². The van der Waals surface area contributed by atoms with Crippen molar-refractivity contribution in [2.24, 2.45) is 0 Å². The number of hydrogen-bond donors (Lipinski definition) is 0. The summed E-state index contributed by atoms with van der Waals surface area (Å²) in [5.41, 5.74) is 0.867. The maximum absolute atomic E-state index is 12.7. The van der Waals surface area contributed by atoms with Crippen molar-refractivity contribution in [2.45, 2.75) is 63.5 Å². The summed E-state index contributed by atoms with van der Waals surface area (Å²) in [6, 6.07) is 9.77. The van der Waals surface area contributed by atoms with Crippen LogP contribution in [0.1, 0.15) is 51.0 Å². The number of amides is 1. The molecular weight excluding hydrogens is 318 g/mol. The molecule has 0 N–H and O–H groups in total. The molecule has 1 saturated heterocycles. The van der Waals surface area contributed by atoms with Crippen LogP contribution in [0.5, 0.6) is 0 Å². The Morgan fingerprint density at radius 3 is 2.40 bits per heavy atom. The zero-order valence-corrected chi connectivity index (χ0v) is 14.7. The summed E-state index contributed by atoms with van der Waals surface area (Å²) < 4.78 is 5.29. The van der Waals surface area contributed by atoms with Crippen LogP contribution < -0.4 is 0 Å². The number of ether oxygens (including phenoxy) is 1. The quantitative estimate of drug-likeness (QED) is 0.771. The lowest BCUT2D eigenvalue weighted by Gasteiger charge is -2.45. The molecule has 5 heteroatoms. The second kappa shape index (κ2) is 7.38. The summed E-state index contributed by atoms with van der Waals surface area (Å²) in [6.45, 7) is 1.59. The lowest BCUT2D eigenvalue weighted by Crippen LogP contribution is -2.55. The van der Waals surface area contributed by atoms with E-state index in [1.54, 1.807) is 0 Å². The highest BCUT2D eigenvalue weighted by Gasteiger charge is 2.49. The van der Waals surface area contributed by atoms with Crippen molar-refractivity contribution in [1.82, 2.24) is 4.90 Å². The summed E-state index contributed by atoms with van der Waals surface area (Å²) in [4.78, 5) is 37.7. The molecule has 3 rings (SSSR count). The number of esters is 1. The van der Waals surface area contributed by atoms with E-state index < -0.39 is 0 Å². The molecule has 1 aliphatic carbocycles. The highest BCUT2D eigenvalue weighted by atomic mass is 16.5. The van der Waals surface area contributed by atoms with Crippen molar-refractivity contribution in [3.8, 4) is 0 Å². The minimum Gasteiger partial charge on any atom is -0.464 e. The first kappa shape index (κ1) is 17.6. The minimum atomic E-state index is -0.336. The third-order valence-electron chi connectivity index (χ3n) is 5.48. The molecule has 0 bridgehead atoms. The first-order chi connectivity index (χ1) is 12.0. The zero-order chi connectivity index (χ0) is 17.9. The standard InChI is InChI=1S/C20H25NO4/c1-15(22)25-14-17(13-16-5-3-2-4-6-16)21-19(24)9-12-20(21)10-7-18(23)8-11-20/h2-6,17H,7-14H2,1H3/t17-/m0/s1. The fraction of sp³-hybridized carbons (Fsp3) is 0.550. The maximum atomic E-state index is 12.7. The van der Waals surface area contributed by atoms with Gasteiger partial charge in [0.25, 0.3) is 0 Å². The Bertz CT molecular complexity index is 645. The molecule has 2 fully saturated rings. The molecule has 1 saturated carbocycles. The van der Waals surface area contributed by atoms with Crippen molar-refractivity contribution >= 4 is 17.7 Å². The van der Waals surface area contributed by atoms with E-state index in [9.17, 15) is 14.4 Å². The predicted octanol–water partition coefficient (Wildman–Crippen LogP) is 2.67. The molecule has 5 nitrogen and oxygen atoms in total. The number of ketones is 1. The Morgan fingerprint density at radius 2 is 1.76 bits per heavy atom. The van der Waals surface area contributed by atoms with Gasteiger partial charge in [-0.05, 0) is 31.2 Å². The molecule has 0 radical (unpaired) electrons. The number of hydrogen-bond acceptors (Lipinski definition) is 4. The van der Waals surface area contributed by atoms with Gasteiger partial charge in [-0.1, -0.05) is 30.3 Å². The van der Waals surface area contributed by atoms with Crippen LogP contribution in [0.15, 0.2) is 30.3 Å². The van der Waals surface area contributed by atoms with Gasteiger partial charge in [0.1, 0.15) is 12.4 Å². The first-order valence-electron chi connectivity index (χ1n) is 9.01. The van der Waals surface area contributed by atoms with Crippen LogP contribution in [-0.4, -0.2) is 40.7 Å². The Hall–Kier alpha value is -2.17. The third-order valence-corrected chi connectivity index (χ3v) is 5.48. The van der Waals surface area contributed by atoms with Gasteiger partial charge in [-0.2, -0.15) is 0 Å². The fourth-order valence-corrected chi connectivity index (χ4v) is 4.25. The molecule has 1 atom stereocenters. The van der Waals surface area contributed by atoms with Crippen LogP contribution in [0.4, 0.5) is 0 Å². The average Bonchev–Trinajstić information content (AvgIpc) is 2.92. The van der Waals surface area contributed by atoms with E-state index in [0.717, 1.165) is 24.8 Å². The second-order valence-corrected chi connectivity index (χ2v) is 7.17. The van der Waals surface area contributed by atoms with Gasteiger partial charge in [0, 0.05) is 31.7 Å². The number of benzene rings is 1. The summed E-state index contributed by atoms with van der Waals surface area (Å²) in [6.07, 6.45) is 4.48. The van der Waals surface area contributed by atoms with E-state index >= 15 is 0 Å². The van der Waals surface area contributed by atoms with Gasteiger partial charge in [0.05, 0.1) is 6.04 Å². The molecule has 1 aromatic carbocycles. The molecule has 0 unspecified atom stereocenters. The van der Waals surface area contributed by atoms with Crippen LogP contribution in [0, 0.1) is 0 Å². The molecule has 1 aromatic rings. The topological polar surface area (TPSA) is 63.7 Å². The highest BCUT2D eigenvalue weighted by Crippen LogP contribution is 2.43. The Morgan fingerprint density at radius 1 is 1.12 bits per heavy atom. The zero-order valence-electron chi connectivity index (χ0n) is 14.7. The van der Waals surface area contributed by atoms with Crippen molar-refractivity contribution in [3.63, 3.8) is 0 Å².